The van der Waals surface area contributed by atoms with Crippen LogP contribution in [-0.2, 0) is 0 Å². The number of rotatable bonds is 5. The molecule has 0 saturated carbocycles. The number of nitrogens with zero attached hydrogens (tertiary/aromatic N) is 2. The van der Waals surface area contributed by atoms with Gasteiger partial charge in [-0.1, -0.05) is 97.1 Å². The number of hydrogen-bond acceptors (Lipinski definition) is 2. The van der Waals surface area contributed by atoms with Crippen LogP contribution in [0.2, 0.25) is 0 Å². The van der Waals surface area contributed by atoms with Gasteiger partial charge in [-0.2, -0.15) is 0 Å². The van der Waals surface area contributed by atoms with Gasteiger partial charge < -0.3 is 0 Å². The van der Waals surface area contributed by atoms with Crippen molar-refractivity contribution < 1.29 is 0 Å². The highest BCUT2D eigenvalue weighted by Gasteiger charge is 2.14. The fourth-order valence-electron chi connectivity index (χ4n) is 3.83. The summed E-state index contributed by atoms with van der Waals surface area (Å²) >= 11 is 0. The average Bonchev–Trinajstić information content (AvgIpc) is 2.89. The first-order chi connectivity index (χ1) is 15.9. The number of pyridine rings is 1. The molecular formula is C30H22N2. The summed E-state index contributed by atoms with van der Waals surface area (Å²) in [6.45, 7) is 0. The van der Waals surface area contributed by atoms with Crippen LogP contribution in [0.1, 0.15) is 5.69 Å². The Bertz CT molecular complexity index is 1270. The molecule has 0 aliphatic rings. The molecule has 1 heterocycles. The molecule has 0 amide bonds. The van der Waals surface area contributed by atoms with Crippen LogP contribution < -0.4 is 0 Å². The average molecular weight is 411 g/mol. The molecule has 0 radical (unpaired) electrons. The summed E-state index contributed by atoms with van der Waals surface area (Å²) in [6.07, 6.45) is 3.63. The van der Waals surface area contributed by atoms with E-state index in [2.05, 4.69) is 89.9 Å². The largest absolute Gasteiger partial charge is 0.255 e. The highest BCUT2D eigenvalue weighted by Crippen LogP contribution is 2.42. The Hall–Kier alpha value is -4.30. The first-order valence-electron chi connectivity index (χ1n) is 10.7. The molecule has 0 saturated heterocycles. The Balaban J connectivity index is 1.78. The SMILES string of the molecule is C(=N\c1c(-c2ccccc2)cc(-c2ccccc2)cc1-c1ccccc1)/c1ccccn1. The molecule has 5 aromatic rings. The van der Waals surface area contributed by atoms with Gasteiger partial charge in [0.15, 0.2) is 0 Å². The molecule has 32 heavy (non-hydrogen) atoms. The van der Waals surface area contributed by atoms with Gasteiger partial charge in [-0.15, -0.1) is 0 Å². The summed E-state index contributed by atoms with van der Waals surface area (Å²) in [5.74, 6) is 0. The number of aromatic nitrogens is 1. The van der Waals surface area contributed by atoms with Gasteiger partial charge in [0.1, 0.15) is 0 Å². The first kappa shape index (κ1) is 19.7. The maximum Gasteiger partial charge on any atom is 0.0812 e. The molecule has 0 aliphatic heterocycles. The van der Waals surface area contributed by atoms with Gasteiger partial charge >= 0.3 is 0 Å². The molecule has 0 unspecified atom stereocenters. The normalized spacial score (nSPS) is 11.0. The third kappa shape index (κ3) is 4.26. The van der Waals surface area contributed by atoms with Gasteiger partial charge in [-0.25, -0.2) is 0 Å². The van der Waals surface area contributed by atoms with Crippen LogP contribution in [0.25, 0.3) is 33.4 Å². The zero-order valence-electron chi connectivity index (χ0n) is 17.6. The molecule has 0 aliphatic carbocycles. The summed E-state index contributed by atoms with van der Waals surface area (Å²) in [5.41, 5.74) is 8.58. The summed E-state index contributed by atoms with van der Waals surface area (Å²) in [4.78, 5) is 9.39. The van der Waals surface area contributed by atoms with E-state index in [-0.39, 0.29) is 0 Å². The molecule has 2 nitrogen and oxygen atoms in total. The smallest absolute Gasteiger partial charge is 0.0812 e. The fourth-order valence-corrected chi connectivity index (χ4v) is 3.83. The lowest BCUT2D eigenvalue weighted by Gasteiger charge is -2.16. The van der Waals surface area contributed by atoms with Crippen LogP contribution in [0, 0.1) is 0 Å². The number of aliphatic imine (C=N–C) groups is 1. The van der Waals surface area contributed by atoms with Crippen LogP contribution >= 0.6 is 0 Å². The molecule has 5 rings (SSSR count). The van der Waals surface area contributed by atoms with Crippen molar-refractivity contribution in [2.45, 2.75) is 0 Å². The molecule has 0 bridgehead atoms. The standard InChI is InChI=1S/C30H22N2/c1-4-12-23(13-5-1)26-20-28(24-14-6-2-7-15-24)30(32-22-27-18-10-11-19-31-27)29(21-26)25-16-8-3-9-17-25/h1-22H/b32-22+. The predicted molar refractivity (Wildman–Crippen MR) is 134 cm³/mol. The van der Waals surface area contributed by atoms with Crippen molar-refractivity contribution in [3.05, 3.63) is 133 Å². The minimum absolute atomic E-state index is 0.831. The van der Waals surface area contributed by atoms with E-state index in [4.69, 9.17) is 4.99 Å². The third-order valence-electron chi connectivity index (χ3n) is 5.40. The molecule has 152 valence electrons. The molecular weight excluding hydrogens is 388 g/mol. The monoisotopic (exact) mass is 410 g/mol. The molecule has 2 heteroatoms. The van der Waals surface area contributed by atoms with Gasteiger partial charge in [0, 0.05) is 17.3 Å². The van der Waals surface area contributed by atoms with Gasteiger partial charge in [0.25, 0.3) is 0 Å². The third-order valence-corrected chi connectivity index (χ3v) is 5.40. The van der Waals surface area contributed by atoms with E-state index in [1.54, 1.807) is 6.20 Å². The van der Waals surface area contributed by atoms with E-state index in [9.17, 15) is 0 Å². The Kier molecular flexibility index (Phi) is 5.67. The van der Waals surface area contributed by atoms with Crippen molar-refractivity contribution in [1.82, 2.24) is 4.98 Å². The lowest BCUT2D eigenvalue weighted by Crippen LogP contribution is -1.90. The summed E-state index contributed by atoms with van der Waals surface area (Å²) in [5, 5.41) is 0. The maximum atomic E-state index is 4.98. The van der Waals surface area contributed by atoms with E-state index in [0.717, 1.165) is 33.6 Å². The van der Waals surface area contributed by atoms with E-state index >= 15 is 0 Å². The zero-order chi connectivity index (χ0) is 21.6. The maximum absolute atomic E-state index is 4.98. The van der Waals surface area contributed by atoms with Gasteiger partial charge in [-0.3, -0.25) is 9.98 Å². The quantitative estimate of drug-likeness (QED) is 0.271. The van der Waals surface area contributed by atoms with Crippen LogP contribution in [0.3, 0.4) is 0 Å². The van der Waals surface area contributed by atoms with Gasteiger partial charge in [-0.05, 0) is 46.5 Å². The van der Waals surface area contributed by atoms with Crippen LogP contribution in [0.15, 0.2) is 133 Å². The lowest BCUT2D eigenvalue weighted by molar-refractivity contribution is 1.30. The lowest BCUT2D eigenvalue weighted by atomic mass is 9.91. The molecule has 0 fully saturated rings. The van der Waals surface area contributed by atoms with Crippen LogP contribution in [-0.4, -0.2) is 11.2 Å². The van der Waals surface area contributed by atoms with Gasteiger partial charge in [0.2, 0.25) is 0 Å². The zero-order valence-corrected chi connectivity index (χ0v) is 17.6. The van der Waals surface area contributed by atoms with Crippen molar-refractivity contribution >= 4 is 11.9 Å². The summed E-state index contributed by atoms with van der Waals surface area (Å²) in [6, 6.07) is 41.7. The van der Waals surface area contributed by atoms with Crippen LogP contribution in [0.5, 0.6) is 0 Å². The second-order valence-electron chi connectivity index (χ2n) is 7.53. The molecule has 0 atom stereocenters. The van der Waals surface area contributed by atoms with Gasteiger partial charge in [0.05, 0.1) is 17.6 Å². The van der Waals surface area contributed by atoms with E-state index in [1.165, 1.54) is 11.1 Å². The molecule has 0 N–H and O–H groups in total. The summed E-state index contributed by atoms with van der Waals surface area (Å²) in [7, 11) is 0. The molecule has 1 aromatic heterocycles. The van der Waals surface area contributed by atoms with Crippen molar-refractivity contribution in [3.8, 4) is 33.4 Å². The Morgan fingerprint density at radius 1 is 0.500 bits per heavy atom. The van der Waals surface area contributed by atoms with Crippen molar-refractivity contribution in [1.29, 1.82) is 0 Å². The Morgan fingerprint density at radius 2 is 1.00 bits per heavy atom. The second-order valence-corrected chi connectivity index (χ2v) is 7.53. The van der Waals surface area contributed by atoms with E-state index in [0.29, 0.717) is 0 Å². The summed E-state index contributed by atoms with van der Waals surface area (Å²) < 4.78 is 0. The highest BCUT2D eigenvalue weighted by molar-refractivity contribution is 5.95. The van der Waals surface area contributed by atoms with Crippen molar-refractivity contribution in [3.63, 3.8) is 0 Å². The van der Waals surface area contributed by atoms with Crippen molar-refractivity contribution in [2.75, 3.05) is 0 Å². The Morgan fingerprint density at radius 3 is 1.50 bits per heavy atom. The van der Waals surface area contributed by atoms with E-state index < -0.39 is 0 Å². The Labute approximate surface area is 188 Å². The van der Waals surface area contributed by atoms with E-state index in [1.807, 2.05) is 42.6 Å². The topological polar surface area (TPSA) is 25.2 Å². The number of benzene rings is 4. The minimum Gasteiger partial charge on any atom is -0.255 e. The fraction of sp³-hybridized carbons (Fsp3) is 0. The first-order valence-corrected chi connectivity index (χ1v) is 10.7. The molecule has 4 aromatic carbocycles. The minimum atomic E-state index is 0.831. The van der Waals surface area contributed by atoms with Crippen molar-refractivity contribution in [2.24, 2.45) is 4.99 Å². The van der Waals surface area contributed by atoms with Crippen LogP contribution in [0.4, 0.5) is 5.69 Å². The highest BCUT2D eigenvalue weighted by atomic mass is 14.8. The molecule has 0 spiro atoms. The second kappa shape index (κ2) is 9.23. The number of hydrogen-bond donors (Lipinski definition) is 0. The predicted octanol–water partition coefficient (Wildman–Crippen LogP) is 7.83.